The summed E-state index contributed by atoms with van der Waals surface area (Å²) < 4.78 is 11.1. The summed E-state index contributed by atoms with van der Waals surface area (Å²) in [5.41, 5.74) is 0. The zero-order valence-electron chi connectivity index (χ0n) is 11.3. The van der Waals surface area contributed by atoms with Gasteiger partial charge in [0.2, 0.25) is 5.28 Å². The molecule has 0 N–H and O–H groups in total. The zero-order chi connectivity index (χ0) is 14.5. The standard InChI is InChI=1S/C13H14ClN3O2S/c1-8(2)18-12-15-11(14)16-13(17-12)19-9-6-4-5-7-10(9)20-3/h4-8H,1-3H3. The van der Waals surface area contributed by atoms with Gasteiger partial charge in [0.1, 0.15) is 5.75 Å². The third-order valence-corrected chi connectivity index (χ3v) is 3.12. The predicted molar refractivity (Wildman–Crippen MR) is 78.9 cm³/mol. The number of hydrogen-bond donors (Lipinski definition) is 0. The maximum atomic E-state index is 5.85. The van der Waals surface area contributed by atoms with E-state index in [1.54, 1.807) is 11.8 Å². The molecule has 1 heterocycles. The van der Waals surface area contributed by atoms with Gasteiger partial charge < -0.3 is 9.47 Å². The van der Waals surface area contributed by atoms with Gasteiger partial charge in [-0.05, 0) is 43.8 Å². The highest BCUT2D eigenvalue weighted by molar-refractivity contribution is 7.98. The normalized spacial score (nSPS) is 10.7. The van der Waals surface area contributed by atoms with Crippen molar-refractivity contribution >= 4 is 23.4 Å². The molecule has 0 amide bonds. The van der Waals surface area contributed by atoms with Crippen LogP contribution in [0.25, 0.3) is 0 Å². The second kappa shape index (κ2) is 6.76. The monoisotopic (exact) mass is 311 g/mol. The van der Waals surface area contributed by atoms with Crippen LogP contribution in [0.15, 0.2) is 29.2 Å². The number of benzene rings is 1. The van der Waals surface area contributed by atoms with Crippen molar-refractivity contribution in [2.24, 2.45) is 0 Å². The number of rotatable bonds is 5. The van der Waals surface area contributed by atoms with E-state index < -0.39 is 0 Å². The van der Waals surface area contributed by atoms with E-state index in [1.807, 2.05) is 44.4 Å². The molecule has 0 atom stereocenters. The fraction of sp³-hybridized carbons (Fsp3) is 0.308. The summed E-state index contributed by atoms with van der Waals surface area (Å²) in [4.78, 5) is 12.9. The van der Waals surface area contributed by atoms with Gasteiger partial charge in [0.05, 0.1) is 6.10 Å². The maximum absolute atomic E-state index is 5.85. The molecule has 1 aromatic carbocycles. The van der Waals surface area contributed by atoms with Gasteiger partial charge in [-0.25, -0.2) is 0 Å². The molecular formula is C13H14ClN3O2S. The second-order valence-corrected chi connectivity index (χ2v) is 5.28. The van der Waals surface area contributed by atoms with Gasteiger partial charge in [0.25, 0.3) is 0 Å². The van der Waals surface area contributed by atoms with E-state index in [9.17, 15) is 0 Å². The van der Waals surface area contributed by atoms with Crippen molar-refractivity contribution in [3.63, 3.8) is 0 Å². The summed E-state index contributed by atoms with van der Waals surface area (Å²) in [6, 6.07) is 7.87. The molecule has 0 fully saturated rings. The van der Waals surface area contributed by atoms with Crippen molar-refractivity contribution in [3.8, 4) is 17.8 Å². The average molecular weight is 312 g/mol. The number of thioether (sulfide) groups is 1. The molecule has 106 valence electrons. The SMILES string of the molecule is CSc1ccccc1Oc1nc(Cl)nc(OC(C)C)n1. The summed E-state index contributed by atoms with van der Waals surface area (Å²) >= 11 is 7.42. The third kappa shape index (κ3) is 3.98. The second-order valence-electron chi connectivity index (χ2n) is 4.09. The van der Waals surface area contributed by atoms with Crippen LogP contribution in [0.1, 0.15) is 13.8 Å². The number of para-hydroxylation sites is 1. The molecule has 20 heavy (non-hydrogen) atoms. The number of halogens is 1. The lowest BCUT2D eigenvalue weighted by Gasteiger charge is -2.10. The van der Waals surface area contributed by atoms with E-state index in [2.05, 4.69) is 15.0 Å². The molecule has 0 aliphatic rings. The molecule has 5 nitrogen and oxygen atoms in total. The van der Waals surface area contributed by atoms with E-state index in [1.165, 1.54) is 0 Å². The van der Waals surface area contributed by atoms with Crippen molar-refractivity contribution < 1.29 is 9.47 Å². The smallest absolute Gasteiger partial charge is 0.329 e. The quantitative estimate of drug-likeness (QED) is 0.782. The summed E-state index contributed by atoms with van der Waals surface area (Å²) in [6.45, 7) is 3.75. The Bertz CT molecular complexity index is 596. The number of ether oxygens (including phenoxy) is 2. The largest absolute Gasteiger partial charge is 0.461 e. The molecule has 2 aromatic rings. The Morgan fingerprint density at radius 3 is 2.50 bits per heavy atom. The Labute approximate surface area is 126 Å². The van der Waals surface area contributed by atoms with Gasteiger partial charge in [0, 0.05) is 4.90 Å². The highest BCUT2D eigenvalue weighted by Crippen LogP contribution is 2.30. The first-order chi connectivity index (χ1) is 9.58. The molecule has 0 unspecified atom stereocenters. The van der Waals surface area contributed by atoms with Gasteiger partial charge in [0.15, 0.2) is 0 Å². The third-order valence-electron chi connectivity index (χ3n) is 2.18. The molecule has 7 heteroatoms. The first-order valence-electron chi connectivity index (χ1n) is 5.97. The molecule has 2 rings (SSSR count). The Hall–Kier alpha value is -1.53. The average Bonchev–Trinajstić information content (AvgIpc) is 2.37. The highest BCUT2D eigenvalue weighted by Gasteiger charge is 2.11. The highest BCUT2D eigenvalue weighted by atomic mass is 35.5. The Kier molecular flexibility index (Phi) is 5.03. The zero-order valence-corrected chi connectivity index (χ0v) is 12.9. The van der Waals surface area contributed by atoms with Crippen LogP contribution in [0.3, 0.4) is 0 Å². The van der Waals surface area contributed by atoms with Crippen LogP contribution < -0.4 is 9.47 Å². The molecule has 0 saturated heterocycles. The maximum Gasteiger partial charge on any atom is 0.329 e. The number of hydrogen-bond acceptors (Lipinski definition) is 6. The van der Waals surface area contributed by atoms with E-state index in [4.69, 9.17) is 21.1 Å². The molecule has 0 bridgehead atoms. The first kappa shape index (κ1) is 14.9. The lowest BCUT2D eigenvalue weighted by Crippen LogP contribution is -2.09. The van der Waals surface area contributed by atoms with E-state index in [-0.39, 0.29) is 23.4 Å². The molecule has 1 aromatic heterocycles. The van der Waals surface area contributed by atoms with Gasteiger partial charge in [-0.1, -0.05) is 12.1 Å². The molecule has 0 radical (unpaired) electrons. The van der Waals surface area contributed by atoms with Crippen molar-refractivity contribution in [2.45, 2.75) is 24.8 Å². The first-order valence-corrected chi connectivity index (χ1v) is 7.58. The Morgan fingerprint density at radius 1 is 1.10 bits per heavy atom. The Balaban J connectivity index is 2.26. The van der Waals surface area contributed by atoms with Crippen LogP contribution in [0.4, 0.5) is 0 Å². The van der Waals surface area contributed by atoms with Crippen molar-refractivity contribution in [2.75, 3.05) is 6.26 Å². The van der Waals surface area contributed by atoms with Crippen LogP contribution in [-0.2, 0) is 0 Å². The molecule has 0 aliphatic carbocycles. The predicted octanol–water partition coefficient (Wildman–Crippen LogP) is 3.83. The molecule has 0 aliphatic heterocycles. The van der Waals surface area contributed by atoms with Gasteiger partial charge in [-0.2, -0.15) is 9.97 Å². The molecular weight excluding hydrogens is 298 g/mol. The van der Waals surface area contributed by atoms with E-state index in [0.29, 0.717) is 5.75 Å². The van der Waals surface area contributed by atoms with E-state index in [0.717, 1.165) is 4.90 Å². The Morgan fingerprint density at radius 2 is 1.80 bits per heavy atom. The van der Waals surface area contributed by atoms with E-state index >= 15 is 0 Å². The summed E-state index contributed by atoms with van der Waals surface area (Å²) in [6.07, 6.45) is 1.91. The lowest BCUT2D eigenvalue weighted by molar-refractivity contribution is 0.218. The summed E-state index contributed by atoms with van der Waals surface area (Å²) in [7, 11) is 0. The number of nitrogens with zero attached hydrogens (tertiary/aromatic N) is 3. The van der Waals surface area contributed by atoms with Crippen LogP contribution in [0.2, 0.25) is 5.28 Å². The fourth-order valence-electron chi connectivity index (χ4n) is 1.43. The minimum atomic E-state index is -0.0557. The van der Waals surface area contributed by atoms with Gasteiger partial charge in [-0.15, -0.1) is 16.7 Å². The minimum Gasteiger partial charge on any atom is -0.461 e. The van der Waals surface area contributed by atoms with Gasteiger partial charge >= 0.3 is 12.0 Å². The van der Waals surface area contributed by atoms with Crippen molar-refractivity contribution in [1.82, 2.24) is 15.0 Å². The fourth-order valence-corrected chi connectivity index (χ4v) is 2.10. The van der Waals surface area contributed by atoms with Crippen LogP contribution >= 0.6 is 23.4 Å². The number of aromatic nitrogens is 3. The van der Waals surface area contributed by atoms with Crippen molar-refractivity contribution in [3.05, 3.63) is 29.5 Å². The van der Waals surface area contributed by atoms with Crippen LogP contribution in [0, 0.1) is 0 Å². The van der Waals surface area contributed by atoms with Crippen molar-refractivity contribution in [1.29, 1.82) is 0 Å². The lowest BCUT2D eigenvalue weighted by atomic mass is 10.3. The molecule has 0 saturated carbocycles. The van der Waals surface area contributed by atoms with Crippen LogP contribution in [-0.4, -0.2) is 27.3 Å². The minimum absolute atomic E-state index is 0.0345. The van der Waals surface area contributed by atoms with Crippen LogP contribution in [0.5, 0.6) is 17.8 Å². The summed E-state index contributed by atoms with van der Waals surface area (Å²) in [5, 5.41) is 0.0345. The summed E-state index contributed by atoms with van der Waals surface area (Å²) in [5.74, 6) is 0.665. The topological polar surface area (TPSA) is 57.1 Å². The van der Waals surface area contributed by atoms with Gasteiger partial charge in [-0.3, -0.25) is 0 Å². The molecule has 0 spiro atoms.